The van der Waals surface area contributed by atoms with Gasteiger partial charge in [0, 0.05) is 24.2 Å². The number of ketones is 2. The number of carbonyl (C=O) groups excluding carboxylic acids is 4. The average molecular weight is 543 g/mol. The van der Waals surface area contributed by atoms with Gasteiger partial charge in [0.2, 0.25) is 0 Å². The molecule has 37 heavy (non-hydrogen) atoms. The van der Waals surface area contributed by atoms with E-state index in [0.29, 0.717) is 17.5 Å². The molecule has 8 nitrogen and oxygen atoms in total. The van der Waals surface area contributed by atoms with Crippen molar-refractivity contribution in [1.82, 2.24) is 9.34 Å². The van der Waals surface area contributed by atoms with Gasteiger partial charge >= 0.3 is 11.9 Å². The molecule has 0 spiro atoms. The Bertz CT molecular complexity index is 1050. The van der Waals surface area contributed by atoms with Gasteiger partial charge in [-0.2, -0.15) is 0 Å². The van der Waals surface area contributed by atoms with Gasteiger partial charge in [0.25, 0.3) is 0 Å². The van der Waals surface area contributed by atoms with Crippen molar-refractivity contribution in [3.8, 4) is 0 Å². The van der Waals surface area contributed by atoms with Crippen molar-refractivity contribution in [1.29, 1.82) is 0 Å². The number of nitrogens with zero attached hydrogens (tertiary/aromatic N) is 2. The van der Waals surface area contributed by atoms with E-state index in [4.69, 9.17) is 9.47 Å². The summed E-state index contributed by atoms with van der Waals surface area (Å²) in [6.07, 6.45) is 3.98. The minimum atomic E-state index is -0.363. The highest BCUT2D eigenvalue weighted by molar-refractivity contribution is 7.13. The lowest BCUT2D eigenvalue weighted by Gasteiger charge is -2.17. The minimum Gasteiger partial charge on any atom is -0.456 e. The Balaban J connectivity index is 1.23. The summed E-state index contributed by atoms with van der Waals surface area (Å²) in [6, 6.07) is 13.8. The van der Waals surface area contributed by atoms with Gasteiger partial charge in [-0.15, -0.1) is 0 Å². The van der Waals surface area contributed by atoms with Crippen LogP contribution in [0, 0.1) is 0 Å². The Morgan fingerprint density at radius 1 is 0.676 bits per heavy atom. The summed E-state index contributed by atoms with van der Waals surface area (Å²) in [5.74, 6) is -1.21. The zero-order valence-corrected chi connectivity index (χ0v) is 22.9. The van der Waals surface area contributed by atoms with Gasteiger partial charge in [-0.05, 0) is 43.2 Å². The smallest absolute Gasteiger partial charge is 0.324 e. The molecule has 2 heterocycles. The molecule has 0 radical (unpaired) electrons. The second kappa shape index (κ2) is 12.8. The zero-order chi connectivity index (χ0) is 26.4. The van der Waals surface area contributed by atoms with E-state index in [1.807, 2.05) is 33.6 Å². The number of rotatable bonds is 10. The summed E-state index contributed by atoms with van der Waals surface area (Å²) in [4.78, 5) is 49.2. The third-order valence-corrected chi connectivity index (χ3v) is 8.02. The van der Waals surface area contributed by atoms with Gasteiger partial charge < -0.3 is 9.47 Å². The summed E-state index contributed by atoms with van der Waals surface area (Å²) in [7, 11) is 5.06. The second-order valence-electron chi connectivity index (χ2n) is 9.42. The molecule has 2 aliphatic heterocycles. The van der Waals surface area contributed by atoms with Crippen LogP contribution in [0.5, 0.6) is 0 Å². The van der Waals surface area contributed by atoms with E-state index in [1.54, 1.807) is 24.3 Å². The lowest BCUT2D eigenvalue weighted by atomic mass is 10.0. The van der Waals surface area contributed by atoms with Crippen molar-refractivity contribution in [2.75, 3.05) is 26.3 Å². The lowest BCUT2D eigenvalue weighted by Crippen LogP contribution is -2.32. The predicted molar refractivity (Wildman–Crippen MR) is 145 cm³/mol. The molecule has 0 saturated carbocycles. The fourth-order valence-electron chi connectivity index (χ4n) is 4.57. The number of carbonyl (C=O) groups is 4. The number of Topliss-reactive ketones (excluding diaryl/α,β-unsaturated/α-hetero) is 2. The summed E-state index contributed by atoms with van der Waals surface area (Å²) < 4.78 is 14.2. The third kappa shape index (κ3) is 7.30. The standard InChI is InChI=1S/C27H32N2O6P2/c30-24(16-34-26(32)22-3-1-13-28(22)36)20-9-5-18(6-10-20)15-19-7-11-21(12-8-19)25(31)17-35-27(33)23-4-2-14-29(23)37/h5-12,22-23H,1-4,13-17,36-37H2/t22-,23-/m0/s1. The molecule has 2 fully saturated rings. The molecule has 2 aliphatic rings. The third-order valence-electron chi connectivity index (χ3n) is 6.78. The quantitative estimate of drug-likeness (QED) is 0.257. The molecule has 0 aliphatic carbocycles. The molecule has 0 aromatic heterocycles. The normalized spacial score (nSPS) is 20.1. The zero-order valence-electron chi connectivity index (χ0n) is 20.6. The first kappa shape index (κ1) is 27.5. The maximum Gasteiger partial charge on any atom is 0.324 e. The lowest BCUT2D eigenvalue weighted by molar-refractivity contribution is -0.146. The second-order valence-corrected chi connectivity index (χ2v) is 10.8. The van der Waals surface area contributed by atoms with Gasteiger partial charge in [-0.25, -0.2) is 0 Å². The molecule has 0 bridgehead atoms. The molecule has 10 heteroatoms. The fourth-order valence-corrected chi connectivity index (χ4v) is 5.48. The minimum absolute atomic E-state index is 0.241. The van der Waals surface area contributed by atoms with Crippen molar-refractivity contribution in [2.24, 2.45) is 0 Å². The Kier molecular flexibility index (Phi) is 9.55. The van der Waals surface area contributed by atoms with Crippen LogP contribution in [0.3, 0.4) is 0 Å². The number of hydrogen-bond acceptors (Lipinski definition) is 8. The number of benzene rings is 2. The van der Waals surface area contributed by atoms with E-state index >= 15 is 0 Å². The number of ether oxygens (including phenoxy) is 2. The summed E-state index contributed by atoms with van der Waals surface area (Å²) in [6.45, 7) is 1.11. The highest BCUT2D eigenvalue weighted by atomic mass is 31.0. The topological polar surface area (TPSA) is 93.2 Å². The van der Waals surface area contributed by atoms with Gasteiger partial charge in [-0.1, -0.05) is 67.3 Å². The monoisotopic (exact) mass is 542 g/mol. The van der Waals surface area contributed by atoms with Crippen molar-refractivity contribution in [3.63, 3.8) is 0 Å². The maximum absolute atomic E-state index is 12.4. The molecule has 4 rings (SSSR count). The molecule has 196 valence electrons. The van der Waals surface area contributed by atoms with Crippen LogP contribution in [-0.2, 0) is 25.5 Å². The molecule has 2 aromatic rings. The Morgan fingerprint density at radius 2 is 1.05 bits per heavy atom. The van der Waals surface area contributed by atoms with Crippen LogP contribution in [0.25, 0.3) is 0 Å². The fraction of sp³-hybridized carbons (Fsp3) is 0.407. The van der Waals surface area contributed by atoms with E-state index in [-0.39, 0.29) is 48.8 Å². The molecule has 2 unspecified atom stereocenters. The molecular formula is C27H32N2O6P2. The van der Waals surface area contributed by atoms with Crippen LogP contribution in [-0.4, -0.2) is 71.2 Å². The van der Waals surface area contributed by atoms with E-state index in [0.717, 1.165) is 49.9 Å². The Hall–Kier alpha value is -2.50. The van der Waals surface area contributed by atoms with E-state index < -0.39 is 0 Å². The largest absolute Gasteiger partial charge is 0.456 e. The summed E-state index contributed by atoms with van der Waals surface area (Å²) in [5, 5.41) is 0. The molecule has 0 amide bonds. The van der Waals surface area contributed by atoms with Crippen molar-refractivity contribution in [2.45, 2.75) is 44.2 Å². The van der Waals surface area contributed by atoms with Crippen LogP contribution in [0.2, 0.25) is 0 Å². The summed E-state index contributed by atoms with van der Waals surface area (Å²) in [5.41, 5.74) is 2.99. The first-order valence-corrected chi connectivity index (χ1v) is 13.5. The molecule has 4 atom stereocenters. The van der Waals surface area contributed by atoms with Crippen LogP contribution >= 0.6 is 18.8 Å². The number of esters is 2. The van der Waals surface area contributed by atoms with Gasteiger partial charge in [0.15, 0.2) is 24.8 Å². The van der Waals surface area contributed by atoms with Crippen LogP contribution < -0.4 is 0 Å². The van der Waals surface area contributed by atoms with Crippen molar-refractivity contribution in [3.05, 3.63) is 70.8 Å². The van der Waals surface area contributed by atoms with Crippen LogP contribution in [0.4, 0.5) is 0 Å². The average Bonchev–Trinajstić information content (AvgIpc) is 3.54. The van der Waals surface area contributed by atoms with Gasteiger partial charge in [0.05, 0.1) is 0 Å². The molecule has 0 N–H and O–H groups in total. The van der Waals surface area contributed by atoms with Crippen molar-refractivity contribution >= 4 is 42.3 Å². The molecule has 2 aromatic carbocycles. The maximum atomic E-state index is 12.4. The van der Waals surface area contributed by atoms with Gasteiger partial charge in [0.1, 0.15) is 12.1 Å². The molecular weight excluding hydrogens is 510 g/mol. The predicted octanol–water partition coefficient (Wildman–Crippen LogP) is 3.24. The SMILES string of the molecule is O=C(COC(=O)[C@@H]1CCCN1P)c1ccc(Cc2ccc(C(=O)COC(=O)[C@@H]3CCCN3P)cc2)cc1. The van der Waals surface area contributed by atoms with E-state index in [1.165, 1.54) is 0 Å². The van der Waals surface area contributed by atoms with Crippen LogP contribution in [0.1, 0.15) is 57.5 Å². The first-order chi connectivity index (χ1) is 17.8. The van der Waals surface area contributed by atoms with E-state index in [9.17, 15) is 19.2 Å². The highest BCUT2D eigenvalue weighted by Gasteiger charge is 2.30. The van der Waals surface area contributed by atoms with Crippen LogP contribution in [0.15, 0.2) is 48.5 Å². The Morgan fingerprint density at radius 3 is 1.38 bits per heavy atom. The Labute approximate surface area is 221 Å². The summed E-state index contributed by atoms with van der Waals surface area (Å²) >= 11 is 0. The van der Waals surface area contributed by atoms with E-state index in [2.05, 4.69) is 18.8 Å². The van der Waals surface area contributed by atoms with Gasteiger partial charge in [-0.3, -0.25) is 28.5 Å². The first-order valence-electron chi connectivity index (χ1n) is 12.4. The van der Waals surface area contributed by atoms with Crippen molar-refractivity contribution < 1.29 is 28.7 Å². The molecule has 2 saturated heterocycles. The number of hydrogen-bond donors (Lipinski definition) is 0. The highest BCUT2D eigenvalue weighted by Crippen LogP contribution is 2.23.